The molecule has 2 aromatic carbocycles. The van der Waals surface area contributed by atoms with Gasteiger partial charge in [0, 0.05) is 12.5 Å². The fourth-order valence-electron chi connectivity index (χ4n) is 2.35. The van der Waals surface area contributed by atoms with E-state index in [0.717, 1.165) is 28.8 Å². The van der Waals surface area contributed by atoms with E-state index in [0.29, 0.717) is 11.9 Å². The number of nitrogens with zero attached hydrogens (tertiary/aromatic N) is 2. The first-order chi connectivity index (χ1) is 10.5. The Morgan fingerprint density at radius 2 is 1.73 bits per heavy atom. The van der Waals surface area contributed by atoms with Gasteiger partial charge in [-0.05, 0) is 30.3 Å². The van der Waals surface area contributed by atoms with Crippen molar-refractivity contribution in [1.29, 1.82) is 0 Å². The van der Waals surface area contributed by atoms with Crippen LogP contribution in [0.25, 0.3) is 16.6 Å². The van der Waals surface area contributed by atoms with Gasteiger partial charge < -0.3 is 0 Å². The first kappa shape index (κ1) is 14.3. The largest absolute Gasteiger partial charge is 0.268 e. The highest BCUT2D eigenvalue weighted by Crippen LogP contribution is 2.18. The van der Waals surface area contributed by atoms with E-state index in [1.165, 1.54) is 12.1 Å². The van der Waals surface area contributed by atoms with Crippen molar-refractivity contribution in [2.45, 2.75) is 13.3 Å². The first-order valence-electron chi connectivity index (χ1n) is 6.68. The number of fused-ring (bicyclic) bond motifs is 1. The average Bonchev–Trinajstić information content (AvgIpc) is 2.50. The number of hydrogen-bond acceptors (Lipinski definition) is 2. The molecule has 0 saturated heterocycles. The number of halogens is 3. The molecule has 3 rings (SSSR count). The molecule has 0 fully saturated rings. The lowest BCUT2D eigenvalue weighted by Gasteiger charge is -2.13. The Morgan fingerprint density at radius 3 is 2.45 bits per heavy atom. The standard InChI is InChI=1S/C16H11F3N2O/c1-2-15-20-13-6-4-9(17)7-11(13)16(22)21(15)14-8-10(18)3-5-12(14)19/h3-8H,2H2,1H3. The molecule has 0 aliphatic heterocycles. The van der Waals surface area contributed by atoms with Crippen LogP contribution in [0.4, 0.5) is 13.2 Å². The second-order valence-corrected chi connectivity index (χ2v) is 4.78. The lowest BCUT2D eigenvalue weighted by atomic mass is 10.2. The van der Waals surface area contributed by atoms with Crippen molar-refractivity contribution in [2.24, 2.45) is 0 Å². The zero-order valence-electron chi connectivity index (χ0n) is 11.6. The SMILES string of the molecule is CCc1nc2ccc(F)cc2c(=O)n1-c1cc(F)ccc1F. The third-order valence-electron chi connectivity index (χ3n) is 3.37. The van der Waals surface area contributed by atoms with Crippen molar-refractivity contribution in [3.05, 3.63) is 70.0 Å². The number of aryl methyl sites for hydroxylation is 1. The normalized spacial score (nSPS) is 11.1. The minimum absolute atomic E-state index is 0.0147. The molecule has 0 amide bonds. The van der Waals surface area contributed by atoms with Crippen molar-refractivity contribution in [3.8, 4) is 5.69 Å². The Kier molecular flexibility index (Phi) is 3.44. The van der Waals surface area contributed by atoms with E-state index in [9.17, 15) is 18.0 Å². The second kappa shape index (κ2) is 5.29. The summed E-state index contributed by atoms with van der Waals surface area (Å²) in [5.74, 6) is -1.75. The molecule has 112 valence electrons. The van der Waals surface area contributed by atoms with Crippen LogP contribution in [0.1, 0.15) is 12.7 Å². The molecule has 0 aliphatic rings. The average molecular weight is 304 g/mol. The highest BCUT2D eigenvalue weighted by atomic mass is 19.1. The number of hydrogen-bond donors (Lipinski definition) is 0. The summed E-state index contributed by atoms with van der Waals surface area (Å²) in [5.41, 5.74) is -0.553. The molecule has 0 atom stereocenters. The van der Waals surface area contributed by atoms with Gasteiger partial charge >= 0.3 is 0 Å². The monoisotopic (exact) mass is 304 g/mol. The fourth-order valence-corrected chi connectivity index (χ4v) is 2.35. The lowest BCUT2D eigenvalue weighted by molar-refractivity contribution is 0.587. The van der Waals surface area contributed by atoms with Gasteiger partial charge in [-0.15, -0.1) is 0 Å². The summed E-state index contributed by atoms with van der Waals surface area (Å²) in [5, 5.41) is 0.0147. The predicted molar refractivity (Wildman–Crippen MR) is 76.6 cm³/mol. The number of aromatic nitrogens is 2. The Labute approximate surface area is 123 Å². The summed E-state index contributed by atoms with van der Waals surface area (Å²) >= 11 is 0. The predicted octanol–water partition coefficient (Wildman–Crippen LogP) is 3.37. The Balaban J connectivity index is 2.44. The molecule has 0 bridgehead atoms. The maximum absolute atomic E-state index is 14.0. The van der Waals surface area contributed by atoms with Crippen molar-refractivity contribution in [2.75, 3.05) is 0 Å². The van der Waals surface area contributed by atoms with Crippen LogP contribution < -0.4 is 5.56 Å². The highest BCUT2D eigenvalue weighted by molar-refractivity contribution is 5.78. The van der Waals surface area contributed by atoms with E-state index in [-0.39, 0.29) is 16.9 Å². The van der Waals surface area contributed by atoms with Crippen LogP contribution in [-0.2, 0) is 6.42 Å². The molecule has 6 heteroatoms. The molecule has 0 saturated carbocycles. The van der Waals surface area contributed by atoms with E-state index in [1.54, 1.807) is 6.92 Å². The lowest BCUT2D eigenvalue weighted by Crippen LogP contribution is -2.24. The molecule has 0 radical (unpaired) electrons. The Hall–Kier alpha value is -2.63. The molecule has 0 spiro atoms. The van der Waals surface area contributed by atoms with E-state index in [2.05, 4.69) is 4.98 Å². The van der Waals surface area contributed by atoms with Crippen molar-refractivity contribution < 1.29 is 13.2 Å². The van der Waals surface area contributed by atoms with E-state index >= 15 is 0 Å². The fraction of sp³-hybridized carbons (Fsp3) is 0.125. The third-order valence-corrected chi connectivity index (χ3v) is 3.37. The van der Waals surface area contributed by atoms with Gasteiger partial charge in [0.05, 0.1) is 16.6 Å². The second-order valence-electron chi connectivity index (χ2n) is 4.78. The van der Waals surface area contributed by atoms with Crippen LogP contribution in [0, 0.1) is 17.5 Å². The zero-order chi connectivity index (χ0) is 15.9. The van der Waals surface area contributed by atoms with Gasteiger partial charge in [-0.1, -0.05) is 6.92 Å². The Bertz CT molecular complexity index is 935. The van der Waals surface area contributed by atoms with Gasteiger partial charge in [-0.2, -0.15) is 0 Å². The Morgan fingerprint density at radius 1 is 1.05 bits per heavy atom. The van der Waals surface area contributed by atoms with Gasteiger partial charge in [0.2, 0.25) is 0 Å². The van der Waals surface area contributed by atoms with Crippen LogP contribution in [0.15, 0.2) is 41.2 Å². The topological polar surface area (TPSA) is 34.9 Å². The summed E-state index contributed by atoms with van der Waals surface area (Å²) in [6, 6.07) is 6.44. The van der Waals surface area contributed by atoms with Crippen LogP contribution >= 0.6 is 0 Å². The van der Waals surface area contributed by atoms with E-state index in [4.69, 9.17) is 0 Å². The summed E-state index contributed by atoms with van der Waals surface area (Å²) in [6.07, 6.45) is 0.332. The van der Waals surface area contributed by atoms with Gasteiger partial charge in [0.25, 0.3) is 5.56 Å². The molecular weight excluding hydrogens is 293 g/mol. The highest BCUT2D eigenvalue weighted by Gasteiger charge is 2.15. The maximum atomic E-state index is 14.0. The molecule has 3 aromatic rings. The van der Waals surface area contributed by atoms with Gasteiger partial charge in [-0.3, -0.25) is 9.36 Å². The van der Waals surface area contributed by atoms with Crippen molar-refractivity contribution in [3.63, 3.8) is 0 Å². The first-order valence-corrected chi connectivity index (χ1v) is 6.68. The van der Waals surface area contributed by atoms with E-state index in [1.807, 2.05) is 0 Å². The smallest absolute Gasteiger partial charge is 0.266 e. The summed E-state index contributed by atoms with van der Waals surface area (Å²) < 4.78 is 41.8. The summed E-state index contributed by atoms with van der Waals surface area (Å²) in [6.45, 7) is 1.74. The molecule has 3 nitrogen and oxygen atoms in total. The third kappa shape index (κ3) is 2.26. The molecule has 22 heavy (non-hydrogen) atoms. The van der Waals surface area contributed by atoms with E-state index < -0.39 is 23.0 Å². The molecule has 1 aromatic heterocycles. The quantitative estimate of drug-likeness (QED) is 0.727. The van der Waals surface area contributed by atoms with Crippen molar-refractivity contribution in [1.82, 2.24) is 9.55 Å². The van der Waals surface area contributed by atoms with Crippen LogP contribution in [-0.4, -0.2) is 9.55 Å². The minimum atomic E-state index is -0.754. The van der Waals surface area contributed by atoms with Gasteiger partial charge in [0.15, 0.2) is 0 Å². The number of rotatable bonds is 2. The molecular formula is C16H11F3N2O. The summed E-state index contributed by atoms with van der Waals surface area (Å²) in [7, 11) is 0. The molecule has 0 unspecified atom stereocenters. The molecule has 0 aliphatic carbocycles. The zero-order valence-corrected chi connectivity index (χ0v) is 11.6. The minimum Gasteiger partial charge on any atom is -0.268 e. The van der Waals surface area contributed by atoms with Crippen LogP contribution in [0.2, 0.25) is 0 Å². The van der Waals surface area contributed by atoms with Gasteiger partial charge in [-0.25, -0.2) is 18.2 Å². The van der Waals surface area contributed by atoms with Gasteiger partial charge in [0.1, 0.15) is 23.3 Å². The summed E-state index contributed by atoms with van der Waals surface area (Å²) in [4.78, 5) is 16.8. The van der Waals surface area contributed by atoms with Crippen LogP contribution in [0.3, 0.4) is 0 Å². The number of benzene rings is 2. The molecule has 1 heterocycles. The maximum Gasteiger partial charge on any atom is 0.266 e. The molecule has 0 N–H and O–H groups in total. The van der Waals surface area contributed by atoms with Crippen molar-refractivity contribution >= 4 is 10.9 Å². The van der Waals surface area contributed by atoms with Crippen LogP contribution in [0.5, 0.6) is 0 Å².